The molecule has 0 amide bonds. The Bertz CT molecular complexity index is 617. The van der Waals surface area contributed by atoms with Crippen LogP contribution in [0.4, 0.5) is 0 Å². The molecule has 0 aliphatic rings. The molecule has 11 heteroatoms. The summed E-state index contributed by atoms with van der Waals surface area (Å²) in [4.78, 5) is 0. The van der Waals surface area contributed by atoms with E-state index < -0.39 is 25.9 Å². The summed E-state index contributed by atoms with van der Waals surface area (Å²) in [5.74, 6) is -0.283. The highest BCUT2D eigenvalue weighted by molar-refractivity contribution is 9.10. The van der Waals surface area contributed by atoms with Gasteiger partial charge in [0.25, 0.3) is 10.0 Å². The molecule has 1 N–H and O–H groups in total. The lowest BCUT2D eigenvalue weighted by atomic mass is 10.4. The lowest BCUT2D eigenvalue weighted by molar-refractivity contribution is 0.548. The summed E-state index contributed by atoms with van der Waals surface area (Å²) in [5.41, 5.74) is 0. The second kappa shape index (κ2) is 5.23. The van der Waals surface area contributed by atoms with Crippen LogP contribution in [-0.2, 0) is 26.9 Å². The quantitative estimate of drug-likeness (QED) is 0.742. The minimum Gasteiger partial charge on any atom is -0.235 e. The van der Waals surface area contributed by atoms with Crippen LogP contribution < -0.4 is 4.72 Å². The van der Waals surface area contributed by atoms with E-state index in [-0.39, 0.29) is 15.4 Å². The second-order valence-corrected chi connectivity index (χ2v) is 8.49. The third-order valence-electron chi connectivity index (χ3n) is 1.90. The predicted octanol–water partition coefficient (Wildman–Crippen LogP) is -0.711. The van der Waals surface area contributed by atoms with Gasteiger partial charge in [0, 0.05) is 19.3 Å². The first-order valence-corrected chi connectivity index (χ1v) is 9.12. The predicted molar refractivity (Wildman–Crippen MR) is 68.2 cm³/mol. The Morgan fingerprint density at radius 3 is 2.33 bits per heavy atom. The molecule has 1 heterocycles. The van der Waals surface area contributed by atoms with E-state index in [2.05, 4.69) is 31.0 Å². The van der Waals surface area contributed by atoms with E-state index in [1.54, 1.807) is 0 Å². The van der Waals surface area contributed by atoms with Gasteiger partial charge in [-0.3, -0.25) is 0 Å². The smallest absolute Gasteiger partial charge is 0.235 e. The van der Waals surface area contributed by atoms with E-state index in [4.69, 9.17) is 0 Å². The van der Waals surface area contributed by atoms with Crippen LogP contribution in [0, 0.1) is 0 Å². The lowest BCUT2D eigenvalue weighted by Crippen LogP contribution is -2.38. The van der Waals surface area contributed by atoms with Gasteiger partial charge in [0.15, 0.2) is 4.60 Å². The van der Waals surface area contributed by atoms with Crippen molar-refractivity contribution in [1.82, 2.24) is 19.7 Å². The van der Waals surface area contributed by atoms with Crippen LogP contribution in [-0.4, -0.2) is 49.9 Å². The van der Waals surface area contributed by atoms with E-state index in [1.807, 2.05) is 0 Å². The maximum atomic E-state index is 12.0. The molecule has 8 nitrogen and oxygen atoms in total. The summed E-state index contributed by atoms with van der Waals surface area (Å²) in [7, 11) is -5.71. The molecule has 0 spiro atoms. The first-order valence-electron chi connectivity index (χ1n) is 4.78. The van der Waals surface area contributed by atoms with Gasteiger partial charge in [-0.1, -0.05) is 5.21 Å². The highest BCUT2D eigenvalue weighted by atomic mass is 79.9. The normalized spacial score (nSPS) is 14.7. The van der Waals surface area contributed by atoms with Crippen LogP contribution in [0.15, 0.2) is 9.63 Å². The van der Waals surface area contributed by atoms with Gasteiger partial charge in [-0.2, -0.15) is 0 Å². The lowest BCUT2D eigenvalue weighted by Gasteiger charge is -2.12. The number of aromatic nitrogens is 3. The second-order valence-electron chi connectivity index (χ2n) is 3.92. The largest absolute Gasteiger partial charge is 0.260 e. The number of hydrogen-bond acceptors (Lipinski definition) is 6. The summed E-state index contributed by atoms with van der Waals surface area (Å²) >= 11 is 2.97. The van der Waals surface area contributed by atoms with Gasteiger partial charge in [0.1, 0.15) is 9.84 Å². The number of rotatable bonds is 5. The van der Waals surface area contributed by atoms with E-state index in [1.165, 1.54) is 14.0 Å². The van der Waals surface area contributed by atoms with Gasteiger partial charge in [-0.05, 0) is 22.9 Å². The fourth-order valence-electron chi connectivity index (χ4n) is 1.42. The van der Waals surface area contributed by atoms with Crippen LogP contribution >= 0.6 is 15.9 Å². The molecule has 1 rings (SSSR count). The van der Waals surface area contributed by atoms with Crippen molar-refractivity contribution in [2.75, 3.05) is 12.0 Å². The van der Waals surface area contributed by atoms with E-state index in [9.17, 15) is 16.8 Å². The molecule has 0 aliphatic heterocycles. The van der Waals surface area contributed by atoms with E-state index >= 15 is 0 Å². The van der Waals surface area contributed by atoms with Crippen molar-refractivity contribution < 1.29 is 16.8 Å². The van der Waals surface area contributed by atoms with Crippen LogP contribution in [0.5, 0.6) is 0 Å². The number of nitrogens with zero attached hydrogens (tertiary/aromatic N) is 3. The molecule has 0 bridgehead atoms. The maximum Gasteiger partial charge on any atom is 0.260 e. The van der Waals surface area contributed by atoms with Gasteiger partial charge in [0.05, 0.1) is 5.75 Å². The first kappa shape index (κ1) is 15.5. The summed E-state index contributed by atoms with van der Waals surface area (Å²) < 4.78 is 49.6. The molecule has 0 radical (unpaired) electrons. The van der Waals surface area contributed by atoms with Gasteiger partial charge in [0.2, 0.25) is 5.03 Å². The standard InChI is InChI=1S/C7H13BrN4O4S2/c1-5(4-17(3,13)14)10-18(15,16)7-6(8)9-11-12(7)2/h5,10H,4H2,1-3H3. The Hall–Kier alpha value is -0.520. The van der Waals surface area contributed by atoms with Crippen LogP contribution in [0.3, 0.4) is 0 Å². The third kappa shape index (κ3) is 4.00. The summed E-state index contributed by atoms with van der Waals surface area (Å²) in [6.07, 6.45) is 1.04. The molecular formula is C7H13BrN4O4S2. The van der Waals surface area contributed by atoms with Crippen LogP contribution in [0.25, 0.3) is 0 Å². The molecule has 104 valence electrons. The fourth-order valence-corrected chi connectivity index (χ4v) is 4.85. The summed E-state index contributed by atoms with van der Waals surface area (Å²) in [6.45, 7) is 1.47. The Morgan fingerprint density at radius 2 is 1.94 bits per heavy atom. The Balaban J connectivity index is 2.97. The van der Waals surface area contributed by atoms with Crippen molar-refractivity contribution >= 4 is 35.8 Å². The molecule has 18 heavy (non-hydrogen) atoms. The van der Waals surface area contributed by atoms with Gasteiger partial charge >= 0.3 is 0 Å². The minimum absolute atomic E-state index is 0.0732. The van der Waals surface area contributed by atoms with Crippen LogP contribution in [0.2, 0.25) is 0 Å². The van der Waals surface area contributed by atoms with Crippen molar-refractivity contribution in [3.05, 3.63) is 4.60 Å². The molecular weight excluding hydrogens is 348 g/mol. The number of sulfone groups is 1. The topological polar surface area (TPSA) is 111 Å². The molecule has 1 atom stereocenters. The molecule has 1 unspecified atom stereocenters. The zero-order valence-electron chi connectivity index (χ0n) is 9.95. The van der Waals surface area contributed by atoms with Gasteiger partial charge in [-0.25, -0.2) is 26.2 Å². The molecule has 1 aromatic rings. The first-order chi connectivity index (χ1) is 8.03. The molecule has 1 aromatic heterocycles. The van der Waals surface area contributed by atoms with Crippen molar-refractivity contribution in [2.24, 2.45) is 7.05 Å². The number of halogens is 1. The number of hydrogen-bond donors (Lipinski definition) is 1. The summed E-state index contributed by atoms with van der Waals surface area (Å²) in [6, 6.07) is -0.744. The Labute approximate surface area is 114 Å². The fraction of sp³-hybridized carbons (Fsp3) is 0.714. The molecule has 0 aromatic carbocycles. The Kier molecular flexibility index (Phi) is 4.51. The average Bonchev–Trinajstić information content (AvgIpc) is 2.41. The monoisotopic (exact) mass is 360 g/mol. The van der Waals surface area contributed by atoms with Crippen molar-refractivity contribution in [2.45, 2.75) is 18.0 Å². The highest BCUT2D eigenvalue weighted by Crippen LogP contribution is 2.17. The molecule has 0 saturated heterocycles. The molecule has 0 aliphatic carbocycles. The van der Waals surface area contributed by atoms with Crippen molar-refractivity contribution in [3.63, 3.8) is 0 Å². The average molecular weight is 361 g/mol. The minimum atomic E-state index is -3.87. The van der Waals surface area contributed by atoms with Crippen molar-refractivity contribution in [1.29, 1.82) is 0 Å². The van der Waals surface area contributed by atoms with Crippen molar-refractivity contribution in [3.8, 4) is 0 Å². The number of sulfonamides is 1. The van der Waals surface area contributed by atoms with Gasteiger partial charge in [-0.15, -0.1) is 5.10 Å². The molecule has 0 fully saturated rings. The SMILES string of the molecule is CC(CS(C)(=O)=O)NS(=O)(=O)c1c(Br)nnn1C. The van der Waals surface area contributed by atoms with Gasteiger partial charge < -0.3 is 0 Å². The summed E-state index contributed by atoms with van der Waals surface area (Å²) in [5, 5.41) is 6.95. The third-order valence-corrected chi connectivity index (χ3v) is 5.48. The molecule has 0 saturated carbocycles. The van der Waals surface area contributed by atoms with E-state index in [0.717, 1.165) is 10.9 Å². The van der Waals surface area contributed by atoms with E-state index in [0.29, 0.717) is 0 Å². The number of nitrogens with one attached hydrogen (secondary N) is 1. The highest BCUT2D eigenvalue weighted by Gasteiger charge is 2.26. The zero-order chi connectivity index (χ0) is 14.1. The number of aryl methyl sites for hydroxylation is 1. The van der Waals surface area contributed by atoms with Crippen LogP contribution in [0.1, 0.15) is 6.92 Å². The zero-order valence-corrected chi connectivity index (χ0v) is 13.2. The maximum absolute atomic E-state index is 12.0. The Morgan fingerprint density at radius 1 is 1.39 bits per heavy atom.